The van der Waals surface area contributed by atoms with Crippen LogP contribution < -0.4 is 10.2 Å². The molecule has 29 heavy (non-hydrogen) atoms. The number of carbonyl (C=O) groups is 2. The third-order valence-electron chi connectivity index (χ3n) is 4.78. The Labute approximate surface area is 178 Å². The molecule has 3 rings (SSSR count). The maximum atomic E-state index is 12.8. The van der Waals surface area contributed by atoms with Gasteiger partial charge in [0.1, 0.15) is 5.37 Å². The first-order valence-electron chi connectivity index (χ1n) is 10.2. The van der Waals surface area contributed by atoms with Crippen LogP contribution in [0.1, 0.15) is 57.0 Å². The second-order valence-electron chi connectivity index (χ2n) is 8.72. The lowest BCUT2D eigenvalue weighted by molar-refractivity contribution is -0.118. The van der Waals surface area contributed by atoms with Crippen LogP contribution in [-0.4, -0.2) is 17.6 Å². The van der Waals surface area contributed by atoms with Crippen molar-refractivity contribution in [1.82, 2.24) is 0 Å². The number of para-hydroxylation sites is 1. The zero-order valence-corrected chi connectivity index (χ0v) is 18.5. The normalized spacial score (nSPS) is 16.9. The molecule has 0 saturated carbocycles. The summed E-state index contributed by atoms with van der Waals surface area (Å²) in [4.78, 5) is 27.0. The van der Waals surface area contributed by atoms with Gasteiger partial charge in [-0.05, 0) is 41.2 Å². The third-order valence-corrected chi connectivity index (χ3v) is 6.00. The van der Waals surface area contributed by atoms with Crippen molar-refractivity contribution in [3.63, 3.8) is 0 Å². The van der Waals surface area contributed by atoms with Crippen LogP contribution in [-0.2, 0) is 16.0 Å². The summed E-state index contributed by atoms with van der Waals surface area (Å²) in [5.41, 5.74) is 3.94. The number of thioether (sulfide) groups is 1. The maximum Gasteiger partial charge on any atom is 0.238 e. The van der Waals surface area contributed by atoms with E-state index in [0.29, 0.717) is 12.2 Å². The molecule has 2 amide bonds. The van der Waals surface area contributed by atoms with Crippen LogP contribution in [0.2, 0.25) is 0 Å². The van der Waals surface area contributed by atoms with E-state index in [-0.39, 0.29) is 22.6 Å². The Kier molecular flexibility index (Phi) is 6.68. The van der Waals surface area contributed by atoms with E-state index in [4.69, 9.17) is 0 Å². The van der Waals surface area contributed by atoms with E-state index in [2.05, 4.69) is 39.1 Å². The lowest BCUT2D eigenvalue weighted by atomic mass is 9.92. The Hall–Kier alpha value is -2.27. The van der Waals surface area contributed by atoms with E-state index in [9.17, 15) is 9.59 Å². The molecule has 1 fully saturated rings. The molecule has 0 aliphatic carbocycles. The topological polar surface area (TPSA) is 49.4 Å². The summed E-state index contributed by atoms with van der Waals surface area (Å²) in [5, 5.41) is 2.92. The van der Waals surface area contributed by atoms with Crippen molar-refractivity contribution in [3.05, 3.63) is 59.7 Å². The van der Waals surface area contributed by atoms with E-state index in [0.717, 1.165) is 29.8 Å². The highest BCUT2D eigenvalue weighted by atomic mass is 32.2. The number of aryl methyl sites for hydroxylation is 1. The summed E-state index contributed by atoms with van der Waals surface area (Å²) in [7, 11) is 0. The molecule has 0 aromatic heterocycles. The number of hydrogen-bond acceptors (Lipinski definition) is 3. The van der Waals surface area contributed by atoms with Crippen molar-refractivity contribution < 1.29 is 9.59 Å². The van der Waals surface area contributed by atoms with Crippen LogP contribution in [0.25, 0.3) is 0 Å². The van der Waals surface area contributed by atoms with Crippen LogP contribution in [0.3, 0.4) is 0 Å². The second-order valence-corrected chi connectivity index (χ2v) is 9.79. The number of amides is 2. The van der Waals surface area contributed by atoms with Crippen molar-refractivity contribution in [2.45, 2.75) is 52.3 Å². The highest BCUT2D eigenvalue weighted by Gasteiger charge is 2.35. The Balaban J connectivity index is 1.86. The molecule has 1 aliphatic rings. The molecule has 1 atom stereocenters. The summed E-state index contributed by atoms with van der Waals surface area (Å²) < 4.78 is 0. The smallest absolute Gasteiger partial charge is 0.238 e. The number of carbonyl (C=O) groups excluding carboxylic acids is 2. The molecule has 0 spiro atoms. The maximum absolute atomic E-state index is 12.8. The zero-order chi connectivity index (χ0) is 21.0. The standard InChI is InChI=1S/C24H30N2O2S/c1-5-9-17-10-6-7-13-20(17)26-22(28)16-29-23(26)18-11-8-12-19(14-18)25-21(27)15-24(2,3)4/h6-8,10-14,23H,5,9,15-16H2,1-4H3,(H,25,27)/t23-/m1/s1. The molecule has 1 saturated heterocycles. The molecule has 0 radical (unpaired) electrons. The molecule has 1 N–H and O–H groups in total. The lowest BCUT2D eigenvalue weighted by Gasteiger charge is -2.27. The van der Waals surface area contributed by atoms with Crippen LogP contribution in [0, 0.1) is 5.41 Å². The van der Waals surface area contributed by atoms with E-state index in [1.807, 2.05) is 47.4 Å². The zero-order valence-electron chi connectivity index (χ0n) is 17.7. The summed E-state index contributed by atoms with van der Waals surface area (Å²) in [6.45, 7) is 8.30. The van der Waals surface area contributed by atoms with Gasteiger partial charge < -0.3 is 5.32 Å². The van der Waals surface area contributed by atoms with Gasteiger partial charge in [0.15, 0.2) is 0 Å². The summed E-state index contributed by atoms with van der Waals surface area (Å²) in [6.07, 6.45) is 2.44. The minimum atomic E-state index is -0.0834. The van der Waals surface area contributed by atoms with Gasteiger partial charge in [0.2, 0.25) is 11.8 Å². The van der Waals surface area contributed by atoms with Gasteiger partial charge >= 0.3 is 0 Å². The Morgan fingerprint density at radius 2 is 1.93 bits per heavy atom. The summed E-state index contributed by atoms with van der Waals surface area (Å²) >= 11 is 1.63. The first kappa shape index (κ1) is 21.4. The van der Waals surface area contributed by atoms with Gasteiger partial charge in [-0.3, -0.25) is 14.5 Å². The number of nitrogens with one attached hydrogen (secondary N) is 1. The summed E-state index contributed by atoms with van der Waals surface area (Å²) in [5.74, 6) is 0.604. The molecule has 0 unspecified atom stereocenters. The van der Waals surface area contributed by atoms with E-state index in [1.165, 1.54) is 5.56 Å². The quantitative estimate of drug-likeness (QED) is 0.655. The molecule has 2 aromatic carbocycles. The van der Waals surface area contributed by atoms with Crippen LogP contribution in [0.5, 0.6) is 0 Å². The fourth-order valence-corrected chi connectivity index (χ4v) is 4.77. The van der Waals surface area contributed by atoms with Gasteiger partial charge in [-0.15, -0.1) is 11.8 Å². The number of nitrogens with zero attached hydrogens (tertiary/aromatic N) is 1. The van der Waals surface area contributed by atoms with Gasteiger partial charge in [-0.1, -0.05) is 64.4 Å². The Bertz CT molecular complexity index is 888. The third kappa shape index (κ3) is 5.41. The van der Waals surface area contributed by atoms with Gasteiger partial charge in [-0.2, -0.15) is 0 Å². The van der Waals surface area contributed by atoms with Gasteiger partial charge in [0.05, 0.1) is 5.75 Å². The van der Waals surface area contributed by atoms with Crippen LogP contribution in [0.15, 0.2) is 48.5 Å². The molecule has 5 heteroatoms. The molecule has 1 aliphatic heterocycles. The fraction of sp³-hybridized carbons (Fsp3) is 0.417. The molecular weight excluding hydrogens is 380 g/mol. The number of hydrogen-bond donors (Lipinski definition) is 1. The fourth-order valence-electron chi connectivity index (χ4n) is 3.61. The van der Waals surface area contributed by atoms with Crippen molar-refractivity contribution in [1.29, 1.82) is 0 Å². The Morgan fingerprint density at radius 3 is 2.66 bits per heavy atom. The van der Waals surface area contributed by atoms with Crippen molar-refractivity contribution in [2.75, 3.05) is 16.0 Å². The van der Waals surface area contributed by atoms with Crippen molar-refractivity contribution in [3.8, 4) is 0 Å². The average molecular weight is 411 g/mol. The van der Waals surface area contributed by atoms with Gasteiger partial charge in [0, 0.05) is 17.8 Å². The highest BCUT2D eigenvalue weighted by Crippen LogP contribution is 2.43. The first-order valence-corrected chi connectivity index (χ1v) is 11.2. The van der Waals surface area contributed by atoms with Gasteiger partial charge in [0.25, 0.3) is 0 Å². The van der Waals surface area contributed by atoms with Crippen LogP contribution in [0.4, 0.5) is 11.4 Å². The monoisotopic (exact) mass is 410 g/mol. The minimum absolute atomic E-state index is 0.00921. The van der Waals surface area contributed by atoms with E-state index >= 15 is 0 Å². The number of rotatable bonds is 6. The second kappa shape index (κ2) is 9.04. The molecule has 1 heterocycles. The first-order chi connectivity index (χ1) is 13.8. The predicted molar refractivity (Wildman–Crippen MR) is 122 cm³/mol. The Morgan fingerprint density at radius 1 is 1.17 bits per heavy atom. The molecular formula is C24H30N2O2S. The largest absolute Gasteiger partial charge is 0.326 e. The highest BCUT2D eigenvalue weighted by molar-refractivity contribution is 8.00. The van der Waals surface area contributed by atoms with Crippen LogP contribution >= 0.6 is 11.8 Å². The molecule has 0 bridgehead atoms. The molecule has 4 nitrogen and oxygen atoms in total. The minimum Gasteiger partial charge on any atom is -0.326 e. The average Bonchev–Trinajstić information content (AvgIpc) is 3.02. The van der Waals surface area contributed by atoms with E-state index in [1.54, 1.807) is 11.8 Å². The predicted octanol–water partition coefficient (Wildman–Crippen LogP) is 5.79. The number of anilines is 2. The lowest BCUT2D eigenvalue weighted by Crippen LogP contribution is -2.29. The number of benzene rings is 2. The van der Waals surface area contributed by atoms with Crippen molar-refractivity contribution >= 4 is 35.0 Å². The molecule has 154 valence electrons. The SMILES string of the molecule is CCCc1ccccc1N1C(=O)CS[C@@H]1c1cccc(NC(=O)CC(C)(C)C)c1. The van der Waals surface area contributed by atoms with Crippen molar-refractivity contribution in [2.24, 2.45) is 5.41 Å². The summed E-state index contributed by atoms with van der Waals surface area (Å²) in [6, 6.07) is 16.0. The van der Waals surface area contributed by atoms with Gasteiger partial charge in [-0.25, -0.2) is 0 Å². The van der Waals surface area contributed by atoms with E-state index < -0.39 is 0 Å². The molecule has 2 aromatic rings.